The molecule has 21 heavy (non-hydrogen) atoms. The zero-order valence-corrected chi connectivity index (χ0v) is 12.9. The molecule has 1 saturated heterocycles. The van der Waals surface area contributed by atoms with Crippen molar-refractivity contribution in [3.05, 3.63) is 30.5 Å². The molecule has 0 spiro atoms. The number of aromatic nitrogens is 1. The van der Waals surface area contributed by atoms with Gasteiger partial charge in [-0.05, 0) is 43.8 Å². The van der Waals surface area contributed by atoms with Gasteiger partial charge in [0, 0.05) is 30.7 Å². The van der Waals surface area contributed by atoms with E-state index in [1.54, 1.807) is 0 Å². The highest BCUT2D eigenvalue weighted by molar-refractivity contribution is 5.97. The summed E-state index contributed by atoms with van der Waals surface area (Å²) in [5.74, 6) is 0. The normalized spacial score (nSPS) is 18.8. The lowest BCUT2D eigenvalue weighted by Gasteiger charge is -2.27. The Balaban J connectivity index is 1.87. The van der Waals surface area contributed by atoms with Gasteiger partial charge in [0.2, 0.25) is 0 Å². The van der Waals surface area contributed by atoms with Crippen molar-refractivity contribution in [3.63, 3.8) is 0 Å². The molecule has 0 radical (unpaired) electrons. The largest absolute Gasteiger partial charge is 0.396 e. The van der Waals surface area contributed by atoms with Crippen LogP contribution in [-0.4, -0.2) is 42.1 Å². The standard InChI is InChI=1S/C17H24N4/c1-3-20(4-2)13-9-11-21(12-13)16-8-7-15-14(17(16)18)6-5-10-19-15/h5-8,10,13H,3-4,9,11-12,18H2,1-2H3. The molecule has 0 saturated carbocycles. The van der Waals surface area contributed by atoms with Gasteiger partial charge in [-0.25, -0.2) is 0 Å². The lowest BCUT2D eigenvalue weighted by atomic mass is 10.1. The van der Waals surface area contributed by atoms with E-state index in [4.69, 9.17) is 5.73 Å². The highest BCUT2D eigenvalue weighted by Crippen LogP contribution is 2.33. The zero-order chi connectivity index (χ0) is 14.8. The first kappa shape index (κ1) is 14.1. The third-order valence-corrected chi connectivity index (χ3v) is 4.64. The van der Waals surface area contributed by atoms with Gasteiger partial charge in [-0.3, -0.25) is 9.88 Å². The average molecular weight is 284 g/mol. The molecule has 1 aliphatic rings. The molecule has 2 heterocycles. The quantitative estimate of drug-likeness (QED) is 0.877. The second-order valence-corrected chi connectivity index (χ2v) is 5.68. The summed E-state index contributed by atoms with van der Waals surface area (Å²) < 4.78 is 0. The zero-order valence-electron chi connectivity index (χ0n) is 12.9. The fourth-order valence-corrected chi connectivity index (χ4v) is 3.44. The van der Waals surface area contributed by atoms with Crippen molar-refractivity contribution < 1.29 is 0 Å². The smallest absolute Gasteiger partial charge is 0.0724 e. The molecule has 0 aliphatic carbocycles. The highest BCUT2D eigenvalue weighted by atomic mass is 15.3. The lowest BCUT2D eigenvalue weighted by molar-refractivity contribution is 0.232. The minimum absolute atomic E-state index is 0.643. The highest BCUT2D eigenvalue weighted by Gasteiger charge is 2.27. The molecule has 1 aromatic carbocycles. The number of hydrogen-bond donors (Lipinski definition) is 1. The Hall–Kier alpha value is -1.81. The van der Waals surface area contributed by atoms with Gasteiger partial charge in [0.05, 0.1) is 16.9 Å². The van der Waals surface area contributed by atoms with E-state index in [0.29, 0.717) is 6.04 Å². The van der Waals surface area contributed by atoms with E-state index in [0.717, 1.165) is 48.5 Å². The molecule has 0 amide bonds. The maximum atomic E-state index is 6.39. The molecule has 0 bridgehead atoms. The number of hydrogen-bond acceptors (Lipinski definition) is 4. The van der Waals surface area contributed by atoms with Crippen molar-refractivity contribution in [1.82, 2.24) is 9.88 Å². The number of likely N-dealkylation sites (N-methyl/N-ethyl adjacent to an activating group) is 1. The molecule has 2 aromatic rings. The van der Waals surface area contributed by atoms with Gasteiger partial charge in [-0.1, -0.05) is 13.8 Å². The summed E-state index contributed by atoms with van der Waals surface area (Å²) in [7, 11) is 0. The van der Waals surface area contributed by atoms with Crippen LogP contribution in [-0.2, 0) is 0 Å². The molecule has 1 fully saturated rings. The lowest BCUT2D eigenvalue weighted by Crippen LogP contribution is -2.37. The van der Waals surface area contributed by atoms with Gasteiger partial charge in [0.15, 0.2) is 0 Å². The van der Waals surface area contributed by atoms with Gasteiger partial charge in [-0.2, -0.15) is 0 Å². The van der Waals surface area contributed by atoms with E-state index in [-0.39, 0.29) is 0 Å². The number of fused-ring (bicyclic) bond motifs is 1. The molecule has 1 atom stereocenters. The topological polar surface area (TPSA) is 45.4 Å². The first-order chi connectivity index (χ1) is 10.2. The predicted octanol–water partition coefficient (Wildman–Crippen LogP) is 2.74. The fraction of sp³-hybridized carbons (Fsp3) is 0.471. The number of rotatable bonds is 4. The minimum atomic E-state index is 0.643. The monoisotopic (exact) mass is 284 g/mol. The number of benzene rings is 1. The molecule has 112 valence electrons. The Morgan fingerprint density at radius 3 is 2.86 bits per heavy atom. The van der Waals surface area contributed by atoms with Crippen molar-refractivity contribution in [3.8, 4) is 0 Å². The SMILES string of the molecule is CCN(CC)C1CCN(c2ccc3ncccc3c2N)C1. The summed E-state index contributed by atoms with van der Waals surface area (Å²) in [5.41, 5.74) is 9.38. The summed E-state index contributed by atoms with van der Waals surface area (Å²) in [6.07, 6.45) is 3.03. The summed E-state index contributed by atoms with van der Waals surface area (Å²) >= 11 is 0. The second kappa shape index (κ2) is 5.90. The van der Waals surface area contributed by atoms with Crippen molar-refractivity contribution >= 4 is 22.3 Å². The van der Waals surface area contributed by atoms with Crippen LogP contribution in [0.3, 0.4) is 0 Å². The van der Waals surface area contributed by atoms with Gasteiger partial charge in [-0.15, -0.1) is 0 Å². The van der Waals surface area contributed by atoms with Crippen LogP contribution in [0.4, 0.5) is 11.4 Å². The third-order valence-electron chi connectivity index (χ3n) is 4.64. The van der Waals surface area contributed by atoms with Crippen molar-refractivity contribution in [2.24, 2.45) is 0 Å². The van der Waals surface area contributed by atoms with Gasteiger partial charge < -0.3 is 10.6 Å². The summed E-state index contributed by atoms with van der Waals surface area (Å²) in [6.45, 7) is 8.86. The van der Waals surface area contributed by atoms with Crippen LogP contribution in [0.25, 0.3) is 10.9 Å². The maximum Gasteiger partial charge on any atom is 0.0724 e. The number of nitrogens with two attached hydrogens (primary N) is 1. The summed E-state index contributed by atoms with van der Waals surface area (Å²) in [4.78, 5) is 9.33. The van der Waals surface area contributed by atoms with Gasteiger partial charge >= 0.3 is 0 Å². The van der Waals surface area contributed by atoms with Crippen LogP contribution in [0.5, 0.6) is 0 Å². The van der Waals surface area contributed by atoms with E-state index >= 15 is 0 Å². The average Bonchev–Trinajstić information content (AvgIpc) is 2.99. The molecule has 4 nitrogen and oxygen atoms in total. The summed E-state index contributed by atoms with van der Waals surface area (Å²) in [5, 5.41) is 1.06. The molecule has 3 rings (SSSR count). The second-order valence-electron chi connectivity index (χ2n) is 5.68. The van der Waals surface area contributed by atoms with Crippen LogP contribution in [0.15, 0.2) is 30.5 Å². The Kier molecular flexibility index (Phi) is 3.97. The third kappa shape index (κ3) is 2.56. The van der Waals surface area contributed by atoms with E-state index in [1.165, 1.54) is 6.42 Å². The molecule has 1 aliphatic heterocycles. The van der Waals surface area contributed by atoms with Crippen LogP contribution in [0, 0.1) is 0 Å². The Morgan fingerprint density at radius 1 is 1.29 bits per heavy atom. The fourth-order valence-electron chi connectivity index (χ4n) is 3.44. The molecule has 1 aromatic heterocycles. The molecule has 4 heteroatoms. The van der Waals surface area contributed by atoms with Gasteiger partial charge in [0.25, 0.3) is 0 Å². The van der Waals surface area contributed by atoms with Crippen molar-refractivity contribution in [2.75, 3.05) is 36.8 Å². The van der Waals surface area contributed by atoms with E-state index in [2.05, 4.69) is 46.8 Å². The van der Waals surface area contributed by atoms with Crippen LogP contribution < -0.4 is 10.6 Å². The Morgan fingerprint density at radius 2 is 2.10 bits per heavy atom. The first-order valence-corrected chi connectivity index (χ1v) is 7.86. The van der Waals surface area contributed by atoms with Crippen molar-refractivity contribution in [2.45, 2.75) is 26.3 Å². The van der Waals surface area contributed by atoms with E-state index < -0.39 is 0 Å². The summed E-state index contributed by atoms with van der Waals surface area (Å²) in [6, 6.07) is 8.84. The number of nitrogen functional groups attached to an aromatic ring is 1. The predicted molar refractivity (Wildman–Crippen MR) is 89.7 cm³/mol. The Bertz CT molecular complexity index is 621. The van der Waals surface area contributed by atoms with E-state index in [1.807, 2.05) is 12.3 Å². The molecule has 1 unspecified atom stereocenters. The maximum absolute atomic E-state index is 6.39. The molecular weight excluding hydrogens is 260 g/mol. The molecular formula is C17H24N4. The van der Waals surface area contributed by atoms with Crippen molar-refractivity contribution in [1.29, 1.82) is 0 Å². The van der Waals surface area contributed by atoms with E-state index in [9.17, 15) is 0 Å². The number of pyridine rings is 1. The molecule has 2 N–H and O–H groups in total. The van der Waals surface area contributed by atoms with Crippen LogP contribution >= 0.6 is 0 Å². The van der Waals surface area contributed by atoms with Gasteiger partial charge in [0.1, 0.15) is 0 Å². The van der Waals surface area contributed by atoms with Crippen LogP contribution in [0.2, 0.25) is 0 Å². The van der Waals surface area contributed by atoms with Crippen LogP contribution in [0.1, 0.15) is 20.3 Å². The number of anilines is 2. The minimum Gasteiger partial charge on any atom is -0.396 e. The first-order valence-electron chi connectivity index (χ1n) is 7.86. The Labute approximate surface area is 126 Å². The number of nitrogens with zero attached hydrogens (tertiary/aromatic N) is 3.